The summed E-state index contributed by atoms with van der Waals surface area (Å²) in [4.78, 5) is 9.15. The predicted molar refractivity (Wildman–Crippen MR) is 81.4 cm³/mol. The molecular weight excluding hydrogens is 267 g/mol. The summed E-state index contributed by atoms with van der Waals surface area (Å²) >= 11 is 0. The molecule has 3 aromatic rings. The van der Waals surface area contributed by atoms with Crippen LogP contribution in [0, 0.1) is 12.7 Å². The molecule has 4 nitrogen and oxygen atoms in total. The Hall–Kier alpha value is -2.27. The van der Waals surface area contributed by atoms with Crippen LogP contribution in [0.25, 0.3) is 22.6 Å². The highest BCUT2D eigenvalue weighted by molar-refractivity contribution is 5.77. The monoisotopic (exact) mass is 284 g/mol. The van der Waals surface area contributed by atoms with Gasteiger partial charge in [0.1, 0.15) is 17.2 Å². The number of imidazole rings is 1. The molecular formula is C16H17FN4. The molecule has 1 atom stereocenters. The fourth-order valence-corrected chi connectivity index (χ4v) is 2.41. The Morgan fingerprint density at radius 2 is 2.00 bits per heavy atom. The van der Waals surface area contributed by atoms with Gasteiger partial charge in [-0.1, -0.05) is 0 Å². The number of halogens is 1. The second kappa shape index (κ2) is 5.26. The highest BCUT2D eigenvalue weighted by Crippen LogP contribution is 2.27. The molecule has 2 aromatic heterocycles. The number of hydrogen-bond donors (Lipinski definition) is 1. The first-order chi connectivity index (χ1) is 10.1. The lowest BCUT2D eigenvalue weighted by Gasteiger charge is -2.15. The third-order valence-electron chi connectivity index (χ3n) is 3.55. The number of hydrogen-bond acceptors (Lipinski definition) is 3. The summed E-state index contributed by atoms with van der Waals surface area (Å²) in [5, 5.41) is 0. The molecule has 0 bridgehead atoms. The first-order valence-corrected chi connectivity index (χ1v) is 6.90. The van der Waals surface area contributed by atoms with Crippen molar-refractivity contribution < 1.29 is 4.39 Å². The maximum Gasteiger partial charge on any atom is 0.160 e. The van der Waals surface area contributed by atoms with Gasteiger partial charge in [0.15, 0.2) is 5.65 Å². The van der Waals surface area contributed by atoms with Crippen LogP contribution in [-0.4, -0.2) is 21.1 Å². The van der Waals surface area contributed by atoms with Gasteiger partial charge >= 0.3 is 0 Å². The Kier molecular flexibility index (Phi) is 3.43. The van der Waals surface area contributed by atoms with E-state index < -0.39 is 0 Å². The molecule has 0 saturated heterocycles. The highest BCUT2D eigenvalue weighted by Gasteiger charge is 2.17. The van der Waals surface area contributed by atoms with Crippen LogP contribution in [0.1, 0.15) is 18.5 Å². The van der Waals surface area contributed by atoms with Crippen LogP contribution >= 0.6 is 0 Å². The summed E-state index contributed by atoms with van der Waals surface area (Å²) in [5.74, 6) is 0.503. The number of pyridine rings is 1. The second-order valence-corrected chi connectivity index (χ2v) is 5.25. The van der Waals surface area contributed by atoms with Gasteiger partial charge in [0.05, 0.1) is 0 Å². The topological polar surface area (TPSA) is 56.7 Å². The van der Waals surface area contributed by atoms with Gasteiger partial charge in [-0.2, -0.15) is 0 Å². The molecule has 0 amide bonds. The van der Waals surface area contributed by atoms with Gasteiger partial charge in [-0.3, -0.25) is 0 Å². The average Bonchev–Trinajstić information content (AvgIpc) is 2.85. The minimum atomic E-state index is -0.262. The SMILES string of the molecule is Cc1cnc2c(c1)nc(-c1ccc(F)cc1)n2C(C)CN. The Morgan fingerprint density at radius 1 is 1.29 bits per heavy atom. The molecule has 2 N–H and O–H groups in total. The molecule has 0 spiro atoms. The summed E-state index contributed by atoms with van der Waals surface area (Å²) < 4.78 is 15.1. The van der Waals surface area contributed by atoms with E-state index in [1.54, 1.807) is 12.1 Å². The van der Waals surface area contributed by atoms with Crippen LogP contribution in [0.5, 0.6) is 0 Å². The molecule has 1 aromatic carbocycles. The molecule has 108 valence electrons. The summed E-state index contributed by atoms with van der Waals surface area (Å²) in [6.07, 6.45) is 1.82. The second-order valence-electron chi connectivity index (χ2n) is 5.25. The van der Waals surface area contributed by atoms with Crippen LogP contribution in [-0.2, 0) is 0 Å². The lowest BCUT2D eigenvalue weighted by molar-refractivity contribution is 0.575. The molecule has 1 unspecified atom stereocenters. The van der Waals surface area contributed by atoms with E-state index in [-0.39, 0.29) is 11.9 Å². The molecule has 0 aliphatic heterocycles. The van der Waals surface area contributed by atoms with Crippen molar-refractivity contribution in [1.82, 2.24) is 14.5 Å². The Bertz CT molecular complexity index is 777. The molecule has 2 heterocycles. The number of rotatable bonds is 3. The van der Waals surface area contributed by atoms with Crippen LogP contribution in [0.2, 0.25) is 0 Å². The number of aryl methyl sites for hydroxylation is 1. The van der Waals surface area contributed by atoms with E-state index in [0.717, 1.165) is 28.1 Å². The van der Waals surface area contributed by atoms with E-state index in [9.17, 15) is 4.39 Å². The third-order valence-corrected chi connectivity index (χ3v) is 3.55. The normalized spacial score (nSPS) is 12.8. The summed E-state index contributed by atoms with van der Waals surface area (Å²) in [5.41, 5.74) is 9.36. The van der Waals surface area contributed by atoms with E-state index in [1.807, 2.05) is 30.7 Å². The quantitative estimate of drug-likeness (QED) is 0.804. The Labute approximate surface area is 122 Å². The smallest absolute Gasteiger partial charge is 0.160 e. The molecule has 0 aliphatic carbocycles. The summed E-state index contributed by atoms with van der Waals surface area (Å²) in [6.45, 7) is 4.49. The van der Waals surface area contributed by atoms with Gasteiger partial charge in [-0.15, -0.1) is 0 Å². The number of aromatic nitrogens is 3. The van der Waals surface area contributed by atoms with Crippen molar-refractivity contribution in [1.29, 1.82) is 0 Å². The van der Waals surface area contributed by atoms with Gasteiger partial charge in [0.2, 0.25) is 0 Å². The Balaban J connectivity index is 2.27. The van der Waals surface area contributed by atoms with Gasteiger partial charge in [-0.25, -0.2) is 14.4 Å². The van der Waals surface area contributed by atoms with E-state index >= 15 is 0 Å². The van der Waals surface area contributed by atoms with Gasteiger partial charge in [0, 0.05) is 24.3 Å². The zero-order valence-corrected chi connectivity index (χ0v) is 12.0. The van der Waals surface area contributed by atoms with Crippen LogP contribution in [0.4, 0.5) is 4.39 Å². The third kappa shape index (κ3) is 2.40. The maximum absolute atomic E-state index is 13.1. The minimum Gasteiger partial charge on any atom is -0.328 e. The zero-order valence-electron chi connectivity index (χ0n) is 12.0. The number of fused-ring (bicyclic) bond motifs is 1. The molecule has 0 radical (unpaired) electrons. The van der Waals surface area contributed by atoms with E-state index in [4.69, 9.17) is 5.73 Å². The van der Waals surface area contributed by atoms with Crippen LogP contribution in [0.3, 0.4) is 0 Å². The molecule has 5 heteroatoms. The predicted octanol–water partition coefficient (Wildman–Crippen LogP) is 3.07. The van der Waals surface area contributed by atoms with Crippen LogP contribution < -0.4 is 5.73 Å². The summed E-state index contributed by atoms with van der Waals surface area (Å²) in [7, 11) is 0. The average molecular weight is 284 g/mol. The number of nitrogens with two attached hydrogens (primary N) is 1. The lowest BCUT2D eigenvalue weighted by Crippen LogP contribution is -2.17. The van der Waals surface area contributed by atoms with E-state index in [0.29, 0.717) is 6.54 Å². The van der Waals surface area contributed by atoms with E-state index in [2.05, 4.69) is 9.97 Å². The van der Waals surface area contributed by atoms with Crippen molar-refractivity contribution in [3.05, 3.63) is 47.9 Å². The molecule has 0 fully saturated rings. The molecule has 0 saturated carbocycles. The van der Waals surface area contributed by atoms with Crippen molar-refractivity contribution in [3.63, 3.8) is 0 Å². The minimum absolute atomic E-state index is 0.0604. The lowest BCUT2D eigenvalue weighted by atomic mass is 10.2. The van der Waals surface area contributed by atoms with Crippen molar-refractivity contribution >= 4 is 11.2 Å². The first kappa shape index (κ1) is 13.7. The summed E-state index contributed by atoms with van der Waals surface area (Å²) in [6, 6.07) is 8.38. The molecule has 21 heavy (non-hydrogen) atoms. The largest absolute Gasteiger partial charge is 0.328 e. The van der Waals surface area contributed by atoms with Gasteiger partial charge < -0.3 is 10.3 Å². The van der Waals surface area contributed by atoms with Gasteiger partial charge in [0.25, 0.3) is 0 Å². The van der Waals surface area contributed by atoms with E-state index in [1.165, 1.54) is 12.1 Å². The first-order valence-electron chi connectivity index (χ1n) is 6.90. The van der Waals surface area contributed by atoms with Gasteiger partial charge in [-0.05, 0) is 49.7 Å². The number of nitrogens with zero attached hydrogens (tertiary/aromatic N) is 3. The fraction of sp³-hybridized carbons (Fsp3) is 0.250. The molecule has 0 aliphatic rings. The number of benzene rings is 1. The Morgan fingerprint density at radius 3 is 2.67 bits per heavy atom. The zero-order chi connectivity index (χ0) is 15.0. The van der Waals surface area contributed by atoms with Crippen molar-refractivity contribution in [3.8, 4) is 11.4 Å². The van der Waals surface area contributed by atoms with Crippen molar-refractivity contribution in [2.75, 3.05) is 6.54 Å². The highest BCUT2D eigenvalue weighted by atomic mass is 19.1. The van der Waals surface area contributed by atoms with Crippen LogP contribution in [0.15, 0.2) is 36.5 Å². The maximum atomic E-state index is 13.1. The van der Waals surface area contributed by atoms with Crippen molar-refractivity contribution in [2.45, 2.75) is 19.9 Å². The standard InChI is InChI=1S/C16H17FN4/c1-10-7-14-16(19-9-10)21(11(2)8-18)15(20-14)12-3-5-13(17)6-4-12/h3-7,9,11H,8,18H2,1-2H3. The fourth-order valence-electron chi connectivity index (χ4n) is 2.41. The molecule has 3 rings (SSSR count). The van der Waals surface area contributed by atoms with Crippen molar-refractivity contribution in [2.24, 2.45) is 5.73 Å².